The van der Waals surface area contributed by atoms with Gasteiger partial charge in [0.2, 0.25) is 15.9 Å². The van der Waals surface area contributed by atoms with E-state index in [0.29, 0.717) is 42.8 Å². The Morgan fingerprint density at radius 1 is 1.02 bits per heavy atom. The van der Waals surface area contributed by atoms with Crippen molar-refractivity contribution in [3.8, 4) is 16.5 Å². The highest BCUT2D eigenvalue weighted by Gasteiger charge is 2.27. The van der Waals surface area contributed by atoms with E-state index in [2.05, 4.69) is 25.6 Å². The summed E-state index contributed by atoms with van der Waals surface area (Å²) in [5.74, 6) is 0.975. The molecule has 3 aromatic heterocycles. The number of rotatable bonds is 8. The first-order chi connectivity index (χ1) is 19.2. The molecule has 0 radical (unpaired) electrons. The summed E-state index contributed by atoms with van der Waals surface area (Å²) in [4.78, 5) is 39.7. The highest BCUT2D eigenvalue weighted by Crippen LogP contribution is 2.25. The SMILES string of the molecule is NS(=O)(=O)c1ccc(C(=O)N2CCC(COc3cccc(NC(=O)Nc4csc(-c5ccncc5)n4)n3)C2)cc1. The van der Waals surface area contributed by atoms with Gasteiger partial charge in [-0.25, -0.2) is 23.3 Å². The first-order valence-electron chi connectivity index (χ1n) is 12.2. The van der Waals surface area contributed by atoms with Gasteiger partial charge in [0.15, 0.2) is 0 Å². The number of urea groups is 1. The maximum absolute atomic E-state index is 12.8. The van der Waals surface area contributed by atoms with Crippen molar-refractivity contribution in [2.24, 2.45) is 11.1 Å². The van der Waals surface area contributed by atoms with Crippen molar-refractivity contribution in [1.29, 1.82) is 0 Å². The number of carbonyl (C=O) groups excluding carboxylic acids is 2. The molecule has 1 unspecified atom stereocenters. The van der Waals surface area contributed by atoms with Crippen molar-refractivity contribution in [2.75, 3.05) is 30.3 Å². The molecule has 1 aliphatic rings. The van der Waals surface area contributed by atoms with Crippen molar-refractivity contribution in [3.63, 3.8) is 0 Å². The number of ether oxygens (including phenoxy) is 1. The van der Waals surface area contributed by atoms with Crippen LogP contribution in [0, 0.1) is 5.92 Å². The lowest BCUT2D eigenvalue weighted by atomic mass is 10.1. The highest BCUT2D eigenvalue weighted by atomic mass is 32.2. The number of benzene rings is 1. The van der Waals surface area contributed by atoms with E-state index in [0.717, 1.165) is 17.0 Å². The molecule has 14 heteroatoms. The zero-order valence-electron chi connectivity index (χ0n) is 21.1. The Kier molecular flexibility index (Phi) is 8.00. The van der Waals surface area contributed by atoms with E-state index in [4.69, 9.17) is 9.88 Å². The zero-order chi connectivity index (χ0) is 28.1. The van der Waals surface area contributed by atoms with Crippen LogP contribution in [0.1, 0.15) is 16.8 Å². The van der Waals surface area contributed by atoms with Gasteiger partial charge in [0, 0.05) is 54.0 Å². The Morgan fingerprint density at radius 3 is 2.52 bits per heavy atom. The molecule has 4 aromatic rings. The van der Waals surface area contributed by atoms with Gasteiger partial charge < -0.3 is 9.64 Å². The average Bonchev–Trinajstić information content (AvgIpc) is 3.62. The number of amides is 3. The number of pyridine rings is 2. The third-order valence-corrected chi connectivity index (χ3v) is 7.93. The van der Waals surface area contributed by atoms with Crippen LogP contribution in [0.4, 0.5) is 16.4 Å². The molecule has 0 bridgehead atoms. The van der Waals surface area contributed by atoms with Crippen molar-refractivity contribution < 1.29 is 22.7 Å². The van der Waals surface area contributed by atoms with Gasteiger partial charge in [-0.3, -0.25) is 20.4 Å². The summed E-state index contributed by atoms with van der Waals surface area (Å²) in [6, 6.07) is 13.8. The van der Waals surface area contributed by atoms with Crippen molar-refractivity contribution in [2.45, 2.75) is 11.3 Å². The predicted octanol–water partition coefficient (Wildman–Crippen LogP) is 3.43. The van der Waals surface area contributed by atoms with Crippen LogP contribution in [0.15, 0.2) is 77.3 Å². The minimum Gasteiger partial charge on any atom is -0.477 e. The van der Waals surface area contributed by atoms with E-state index in [9.17, 15) is 18.0 Å². The smallest absolute Gasteiger partial charge is 0.326 e. The van der Waals surface area contributed by atoms with Crippen LogP contribution in [0.3, 0.4) is 0 Å². The van der Waals surface area contributed by atoms with Crippen LogP contribution in [0.25, 0.3) is 10.6 Å². The summed E-state index contributed by atoms with van der Waals surface area (Å²) < 4.78 is 28.7. The van der Waals surface area contributed by atoms with Gasteiger partial charge in [-0.2, -0.15) is 4.98 Å². The first-order valence-corrected chi connectivity index (χ1v) is 14.6. The molecule has 5 rings (SSSR count). The quantitative estimate of drug-likeness (QED) is 0.285. The number of aromatic nitrogens is 3. The molecule has 1 aromatic carbocycles. The fourth-order valence-corrected chi connectivity index (χ4v) is 5.39. The van der Waals surface area contributed by atoms with Crippen LogP contribution in [-0.4, -0.2) is 59.9 Å². The molecular formula is C26H25N7O5S2. The Balaban J connectivity index is 1.10. The van der Waals surface area contributed by atoms with Crippen molar-refractivity contribution in [3.05, 3.63) is 77.9 Å². The lowest BCUT2D eigenvalue weighted by Gasteiger charge is -2.17. The summed E-state index contributed by atoms with van der Waals surface area (Å²) in [6.07, 6.45) is 4.11. The highest BCUT2D eigenvalue weighted by molar-refractivity contribution is 7.89. The number of hydrogen-bond donors (Lipinski definition) is 3. The normalized spacial score (nSPS) is 15.0. The number of sulfonamides is 1. The number of nitrogens with two attached hydrogens (primary N) is 1. The van der Waals surface area contributed by atoms with Gasteiger partial charge in [0.1, 0.15) is 16.6 Å². The number of primary sulfonamides is 1. The lowest BCUT2D eigenvalue weighted by Crippen LogP contribution is -2.29. The van der Waals surface area contributed by atoms with Gasteiger partial charge in [-0.1, -0.05) is 6.07 Å². The van der Waals surface area contributed by atoms with Crippen LogP contribution in [0.2, 0.25) is 0 Å². The number of hydrogen-bond acceptors (Lipinski definition) is 9. The molecule has 1 atom stereocenters. The van der Waals surface area contributed by atoms with Gasteiger partial charge in [-0.05, 0) is 48.9 Å². The predicted molar refractivity (Wildman–Crippen MR) is 150 cm³/mol. The Morgan fingerprint density at radius 2 is 1.77 bits per heavy atom. The second-order valence-corrected chi connectivity index (χ2v) is 11.4. The van der Waals surface area contributed by atoms with E-state index in [1.807, 2.05) is 12.1 Å². The number of carbonyl (C=O) groups is 2. The second kappa shape index (κ2) is 11.8. The average molecular weight is 580 g/mol. The molecule has 40 heavy (non-hydrogen) atoms. The van der Waals surface area contributed by atoms with Crippen LogP contribution in [-0.2, 0) is 10.0 Å². The number of likely N-dealkylation sites (tertiary alicyclic amines) is 1. The molecule has 3 amide bonds. The maximum atomic E-state index is 12.8. The van der Waals surface area contributed by atoms with Crippen LogP contribution >= 0.6 is 11.3 Å². The molecule has 206 valence electrons. The van der Waals surface area contributed by atoms with Crippen LogP contribution in [0.5, 0.6) is 5.88 Å². The Bertz CT molecular complexity index is 1610. The van der Waals surface area contributed by atoms with E-state index in [1.54, 1.807) is 40.9 Å². The fourth-order valence-electron chi connectivity index (χ4n) is 4.11. The standard InChI is InChI=1S/C26H25N7O5S2/c27-40(36,37)20-6-4-19(5-7-20)25(34)33-13-10-17(14-33)15-38-23-3-1-2-21(29-23)31-26(35)32-22-16-39-24(30-22)18-8-11-28-12-9-18/h1-9,11-12,16-17H,10,13-15H2,(H2,27,36,37)(H2,29,31,32,35). The molecule has 0 spiro atoms. The molecule has 4 heterocycles. The minimum absolute atomic E-state index is 0.0447. The largest absolute Gasteiger partial charge is 0.477 e. The van der Waals surface area contributed by atoms with E-state index in [1.165, 1.54) is 35.6 Å². The third kappa shape index (κ3) is 6.77. The molecule has 4 N–H and O–H groups in total. The summed E-state index contributed by atoms with van der Waals surface area (Å²) in [5, 5.41) is 13.0. The molecule has 1 aliphatic heterocycles. The van der Waals surface area contributed by atoms with E-state index >= 15 is 0 Å². The number of nitrogens with one attached hydrogen (secondary N) is 2. The molecule has 12 nitrogen and oxygen atoms in total. The third-order valence-electron chi connectivity index (χ3n) is 6.11. The molecular weight excluding hydrogens is 554 g/mol. The summed E-state index contributed by atoms with van der Waals surface area (Å²) >= 11 is 1.41. The molecule has 1 fully saturated rings. The number of nitrogens with zero attached hydrogens (tertiary/aromatic N) is 4. The zero-order valence-corrected chi connectivity index (χ0v) is 22.7. The summed E-state index contributed by atoms with van der Waals surface area (Å²) in [5.41, 5.74) is 1.30. The number of thiazole rings is 1. The van der Waals surface area contributed by atoms with E-state index in [-0.39, 0.29) is 16.7 Å². The van der Waals surface area contributed by atoms with Gasteiger partial charge >= 0.3 is 6.03 Å². The van der Waals surface area contributed by atoms with Crippen molar-refractivity contribution in [1.82, 2.24) is 19.9 Å². The molecule has 0 aliphatic carbocycles. The Labute approximate surface area is 234 Å². The van der Waals surface area contributed by atoms with Gasteiger partial charge in [0.05, 0.1) is 11.5 Å². The monoisotopic (exact) mass is 579 g/mol. The first kappa shape index (κ1) is 27.2. The second-order valence-electron chi connectivity index (χ2n) is 9.00. The Hall–Kier alpha value is -4.40. The molecule has 0 saturated carbocycles. The van der Waals surface area contributed by atoms with Gasteiger partial charge in [0.25, 0.3) is 5.91 Å². The maximum Gasteiger partial charge on any atom is 0.326 e. The minimum atomic E-state index is -3.82. The lowest BCUT2D eigenvalue weighted by molar-refractivity contribution is 0.0782. The van der Waals surface area contributed by atoms with Crippen molar-refractivity contribution >= 4 is 44.9 Å². The molecule has 1 saturated heterocycles. The van der Waals surface area contributed by atoms with E-state index < -0.39 is 16.1 Å². The number of anilines is 2. The summed E-state index contributed by atoms with van der Waals surface area (Å²) in [6.45, 7) is 1.39. The topological polar surface area (TPSA) is 170 Å². The van der Waals surface area contributed by atoms with Crippen LogP contribution < -0.4 is 20.5 Å². The fraction of sp³-hybridized carbons (Fsp3) is 0.192. The summed E-state index contributed by atoms with van der Waals surface area (Å²) in [7, 11) is -3.82. The van der Waals surface area contributed by atoms with Gasteiger partial charge in [-0.15, -0.1) is 11.3 Å².